The van der Waals surface area contributed by atoms with Gasteiger partial charge in [-0.15, -0.1) is 0 Å². The molecule has 0 bridgehead atoms. The second-order valence-corrected chi connectivity index (χ2v) is 4.32. The molecule has 2 atom stereocenters. The molecule has 0 radical (unpaired) electrons. The standard InChI is InChI=1S/C13H27N5O/c1-5-19-11(15)7-8(2)6-10(13(17)18-4)12(16)9(3)14/h6,11,13,18H,2,5,7,14-17H2,1,3-4H3/b10-6+,12-9+. The van der Waals surface area contributed by atoms with Gasteiger partial charge >= 0.3 is 0 Å². The van der Waals surface area contributed by atoms with E-state index < -0.39 is 6.17 Å². The van der Waals surface area contributed by atoms with Crippen LogP contribution in [0.2, 0.25) is 0 Å². The molecule has 0 rings (SSSR count). The fraction of sp³-hybridized carbons (Fsp3) is 0.538. The Morgan fingerprint density at radius 3 is 2.37 bits per heavy atom. The van der Waals surface area contributed by atoms with Gasteiger partial charge in [-0.2, -0.15) is 0 Å². The Morgan fingerprint density at radius 1 is 1.37 bits per heavy atom. The van der Waals surface area contributed by atoms with Crippen molar-refractivity contribution < 1.29 is 4.74 Å². The summed E-state index contributed by atoms with van der Waals surface area (Å²) in [7, 11) is 1.74. The minimum Gasteiger partial charge on any atom is -0.401 e. The number of allylic oxidation sites excluding steroid dienone is 2. The molecule has 0 aliphatic carbocycles. The Kier molecular flexibility index (Phi) is 8.09. The fourth-order valence-corrected chi connectivity index (χ4v) is 1.53. The van der Waals surface area contributed by atoms with E-state index in [4.69, 9.17) is 27.7 Å². The van der Waals surface area contributed by atoms with E-state index in [0.29, 0.717) is 30.0 Å². The van der Waals surface area contributed by atoms with Crippen LogP contribution in [-0.2, 0) is 4.74 Å². The lowest BCUT2D eigenvalue weighted by atomic mass is 10.0. The van der Waals surface area contributed by atoms with Crippen LogP contribution in [0.5, 0.6) is 0 Å². The molecule has 0 heterocycles. The van der Waals surface area contributed by atoms with E-state index in [1.165, 1.54) is 0 Å². The zero-order valence-electron chi connectivity index (χ0n) is 12.1. The van der Waals surface area contributed by atoms with Gasteiger partial charge in [-0.1, -0.05) is 18.2 Å². The molecule has 0 amide bonds. The summed E-state index contributed by atoms with van der Waals surface area (Å²) in [6.45, 7) is 8.11. The maximum Gasteiger partial charge on any atom is 0.109 e. The summed E-state index contributed by atoms with van der Waals surface area (Å²) in [6.07, 6.45) is 1.50. The van der Waals surface area contributed by atoms with Crippen LogP contribution < -0.4 is 28.3 Å². The summed E-state index contributed by atoms with van der Waals surface area (Å²) in [5, 5.41) is 2.92. The summed E-state index contributed by atoms with van der Waals surface area (Å²) in [6, 6.07) is 0. The molecular formula is C13H27N5O. The first kappa shape index (κ1) is 17.7. The van der Waals surface area contributed by atoms with Crippen molar-refractivity contribution in [1.82, 2.24) is 5.32 Å². The Bertz CT molecular complexity index is 358. The Balaban J connectivity index is 5.01. The Labute approximate surface area is 115 Å². The second-order valence-electron chi connectivity index (χ2n) is 4.32. The van der Waals surface area contributed by atoms with Crippen molar-refractivity contribution in [1.29, 1.82) is 0 Å². The van der Waals surface area contributed by atoms with Crippen molar-refractivity contribution in [2.75, 3.05) is 13.7 Å². The normalized spacial score (nSPS) is 16.8. The molecule has 6 heteroatoms. The largest absolute Gasteiger partial charge is 0.401 e. The first-order valence-electron chi connectivity index (χ1n) is 6.25. The zero-order valence-corrected chi connectivity index (χ0v) is 12.1. The molecule has 6 nitrogen and oxygen atoms in total. The molecule has 0 spiro atoms. The first-order chi connectivity index (χ1) is 8.83. The van der Waals surface area contributed by atoms with Crippen molar-refractivity contribution in [3.8, 4) is 0 Å². The van der Waals surface area contributed by atoms with Gasteiger partial charge in [0.1, 0.15) is 6.23 Å². The molecule has 0 fully saturated rings. The molecule has 0 aromatic carbocycles. The minimum absolute atomic E-state index is 0.384. The summed E-state index contributed by atoms with van der Waals surface area (Å²) in [4.78, 5) is 0. The van der Waals surface area contributed by atoms with Gasteiger partial charge in [0.05, 0.1) is 11.9 Å². The van der Waals surface area contributed by atoms with Crippen LogP contribution in [0.1, 0.15) is 20.3 Å². The summed E-state index contributed by atoms with van der Waals surface area (Å²) in [5.41, 5.74) is 25.8. The minimum atomic E-state index is -0.418. The third kappa shape index (κ3) is 6.40. The van der Waals surface area contributed by atoms with Gasteiger partial charge < -0.3 is 33.0 Å². The number of likely N-dealkylation sites (N-methyl/N-ethyl adjacent to an activating group) is 1. The highest BCUT2D eigenvalue weighted by Crippen LogP contribution is 2.14. The molecule has 2 unspecified atom stereocenters. The summed E-state index contributed by atoms with van der Waals surface area (Å²) >= 11 is 0. The summed E-state index contributed by atoms with van der Waals surface area (Å²) < 4.78 is 5.26. The molecule has 0 aromatic heterocycles. The van der Waals surface area contributed by atoms with Gasteiger partial charge in [-0.25, -0.2) is 0 Å². The van der Waals surface area contributed by atoms with Crippen LogP contribution in [-0.4, -0.2) is 26.0 Å². The number of rotatable bonds is 8. The number of ether oxygens (including phenoxy) is 1. The van der Waals surface area contributed by atoms with Crippen LogP contribution in [0.3, 0.4) is 0 Å². The highest BCUT2D eigenvalue weighted by atomic mass is 16.5. The third-order valence-electron chi connectivity index (χ3n) is 2.59. The number of nitrogens with one attached hydrogen (secondary N) is 1. The van der Waals surface area contributed by atoms with Crippen LogP contribution in [0.25, 0.3) is 0 Å². The second kappa shape index (κ2) is 8.71. The van der Waals surface area contributed by atoms with E-state index in [-0.39, 0.29) is 6.23 Å². The van der Waals surface area contributed by atoms with Crippen molar-refractivity contribution in [3.05, 3.63) is 35.2 Å². The van der Waals surface area contributed by atoms with Crippen LogP contribution in [0.15, 0.2) is 35.2 Å². The average molecular weight is 269 g/mol. The van der Waals surface area contributed by atoms with Crippen LogP contribution >= 0.6 is 0 Å². The smallest absolute Gasteiger partial charge is 0.109 e. The molecule has 19 heavy (non-hydrogen) atoms. The number of nitrogens with two attached hydrogens (primary N) is 4. The molecule has 9 N–H and O–H groups in total. The first-order valence-corrected chi connectivity index (χ1v) is 6.25. The van der Waals surface area contributed by atoms with Crippen LogP contribution in [0.4, 0.5) is 0 Å². The zero-order chi connectivity index (χ0) is 15.0. The number of hydrogen-bond acceptors (Lipinski definition) is 6. The SMILES string of the molecule is C=C(/C=C(\C(N)=C(\C)N)C(N)NC)CC(N)OCC. The molecule has 0 aliphatic rings. The highest BCUT2D eigenvalue weighted by molar-refractivity contribution is 5.39. The molecule has 0 aromatic rings. The molecular weight excluding hydrogens is 242 g/mol. The van der Waals surface area contributed by atoms with E-state index in [1.807, 2.05) is 6.92 Å². The Hall–Kier alpha value is -1.34. The number of hydrogen-bond donors (Lipinski definition) is 5. The van der Waals surface area contributed by atoms with Crippen molar-refractivity contribution in [2.24, 2.45) is 22.9 Å². The molecule has 0 saturated heterocycles. The Morgan fingerprint density at radius 2 is 1.95 bits per heavy atom. The van der Waals surface area contributed by atoms with Gasteiger partial charge in [0.15, 0.2) is 0 Å². The quantitative estimate of drug-likeness (QED) is 0.308. The maximum atomic E-state index is 5.94. The third-order valence-corrected chi connectivity index (χ3v) is 2.59. The van der Waals surface area contributed by atoms with Gasteiger partial charge in [0.25, 0.3) is 0 Å². The lowest BCUT2D eigenvalue weighted by molar-refractivity contribution is 0.0687. The molecule has 110 valence electrons. The van der Waals surface area contributed by atoms with Gasteiger partial charge in [-0.05, 0) is 20.9 Å². The van der Waals surface area contributed by atoms with Crippen LogP contribution in [0, 0.1) is 0 Å². The topological polar surface area (TPSA) is 125 Å². The van der Waals surface area contributed by atoms with Gasteiger partial charge in [0.2, 0.25) is 0 Å². The lowest BCUT2D eigenvalue weighted by Gasteiger charge is -2.18. The monoisotopic (exact) mass is 269 g/mol. The molecule has 0 aliphatic heterocycles. The van der Waals surface area contributed by atoms with E-state index in [1.54, 1.807) is 20.0 Å². The van der Waals surface area contributed by atoms with Gasteiger partial charge in [-0.3, -0.25) is 0 Å². The van der Waals surface area contributed by atoms with E-state index in [2.05, 4.69) is 11.9 Å². The predicted octanol–water partition coefficient (Wildman–Crippen LogP) is -0.166. The predicted molar refractivity (Wildman–Crippen MR) is 79.6 cm³/mol. The fourth-order valence-electron chi connectivity index (χ4n) is 1.53. The summed E-state index contributed by atoms with van der Waals surface area (Å²) in [5.74, 6) is 0. The van der Waals surface area contributed by atoms with Gasteiger partial charge in [0, 0.05) is 24.3 Å². The maximum absolute atomic E-state index is 5.94. The lowest BCUT2D eigenvalue weighted by Crippen LogP contribution is -2.38. The van der Waals surface area contributed by atoms with Crippen molar-refractivity contribution in [2.45, 2.75) is 32.7 Å². The molecule has 0 saturated carbocycles. The highest BCUT2D eigenvalue weighted by Gasteiger charge is 2.13. The van der Waals surface area contributed by atoms with E-state index in [0.717, 1.165) is 5.57 Å². The van der Waals surface area contributed by atoms with E-state index >= 15 is 0 Å². The van der Waals surface area contributed by atoms with E-state index in [9.17, 15) is 0 Å². The van der Waals surface area contributed by atoms with Crippen molar-refractivity contribution in [3.63, 3.8) is 0 Å². The average Bonchev–Trinajstić information content (AvgIpc) is 2.34. The van der Waals surface area contributed by atoms with Crippen molar-refractivity contribution >= 4 is 0 Å².